The predicted molar refractivity (Wildman–Crippen MR) is 93.6 cm³/mol. The first kappa shape index (κ1) is 16.5. The highest BCUT2D eigenvalue weighted by molar-refractivity contribution is 5.78. The summed E-state index contributed by atoms with van der Waals surface area (Å²) in [6, 6.07) is 11.1. The quantitative estimate of drug-likeness (QED) is 0.708. The Morgan fingerprint density at radius 2 is 2.12 bits per heavy atom. The van der Waals surface area contributed by atoms with Crippen LogP contribution in [0.3, 0.4) is 0 Å². The number of rotatable bonds is 5. The Morgan fingerprint density at radius 3 is 2.81 bits per heavy atom. The molecule has 8 heteroatoms. The van der Waals surface area contributed by atoms with Crippen LogP contribution in [-0.4, -0.2) is 47.9 Å². The molecule has 3 aromatic rings. The van der Waals surface area contributed by atoms with Crippen molar-refractivity contribution < 1.29 is 9.90 Å². The Kier molecular flexibility index (Phi) is 4.26. The number of benzene rings is 1. The summed E-state index contributed by atoms with van der Waals surface area (Å²) in [6.45, 7) is 1.90. The van der Waals surface area contributed by atoms with Gasteiger partial charge in [-0.3, -0.25) is 9.48 Å². The standard InChI is InChI=1S/C18H20N6O2/c1-12-14(21-22-24(12)13-6-3-2-4-7-13)11-17(26)20-15-10-16(25)18(15)23-9-5-8-19-23/h2-9,15-16,18,25H,10-11H2,1H3,(H,20,26)/t15-,16+,18+/m0/s1. The Bertz CT molecular complexity index is 890. The molecule has 1 aliphatic rings. The number of nitrogens with one attached hydrogen (secondary N) is 1. The molecule has 0 bridgehead atoms. The lowest BCUT2D eigenvalue weighted by Crippen LogP contribution is -2.56. The van der Waals surface area contributed by atoms with Gasteiger partial charge in [-0.2, -0.15) is 5.10 Å². The molecule has 1 saturated carbocycles. The molecular formula is C18H20N6O2. The minimum Gasteiger partial charge on any atom is -0.391 e. The maximum atomic E-state index is 12.4. The highest BCUT2D eigenvalue weighted by atomic mass is 16.3. The normalized spacial score (nSPS) is 22.0. The number of aliphatic hydroxyl groups excluding tert-OH is 1. The average molecular weight is 352 g/mol. The third kappa shape index (κ3) is 2.99. The molecule has 0 radical (unpaired) electrons. The number of aliphatic hydroxyl groups is 1. The van der Waals surface area contributed by atoms with E-state index < -0.39 is 6.10 Å². The van der Waals surface area contributed by atoms with Crippen LogP contribution < -0.4 is 5.32 Å². The van der Waals surface area contributed by atoms with Gasteiger partial charge in [0, 0.05) is 12.4 Å². The van der Waals surface area contributed by atoms with Crippen LogP contribution in [0.2, 0.25) is 0 Å². The number of aromatic nitrogens is 5. The van der Waals surface area contributed by atoms with Crippen molar-refractivity contribution in [2.24, 2.45) is 0 Å². The first-order chi connectivity index (χ1) is 12.6. The number of carbonyl (C=O) groups excluding carboxylic acids is 1. The van der Waals surface area contributed by atoms with Crippen LogP contribution in [-0.2, 0) is 11.2 Å². The monoisotopic (exact) mass is 352 g/mol. The molecule has 26 heavy (non-hydrogen) atoms. The van der Waals surface area contributed by atoms with E-state index in [2.05, 4.69) is 20.7 Å². The van der Waals surface area contributed by atoms with Crippen molar-refractivity contribution in [1.82, 2.24) is 30.1 Å². The van der Waals surface area contributed by atoms with E-state index in [9.17, 15) is 9.90 Å². The lowest BCUT2D eigenvalue weighted by molar-refractivity contribution is -0.124. The molecule has 0 aliphatic heterocycles. The summed E-state index contributed by atoms with van der Waals surface area (Å²) >= 11 is 0. The number of hydrogen-bond donors (Lipinski definition) is 2. The molecule has 0 unspecified atom stereocenters. The second-order valence-corrected chi connectivity index (χ2v) is 6.50. The first-order valence-electron chi connectivity index (χ1n) is 8.56. The zero-order chi connectivity index (χ0) is 18.1. The minimum atomic E-state index is -0.499. The lowest BCUT2D eigenvalue weighted by atomic mass is 9.83. The molecular weight excluding hydrogens is 332 g/mol. The molecule has 1 fully saturated rings. The SMILES string of the molecule is Cc1c(CC(=O)N[C@H]2C[C@@H](O)[C@@H]2n2cccn2)nnn1-c1ccccc1. The van der Waals surface area contributed by atoms with Gasteiger partial charge in [-0.25, -0.2) is 4.68 Å². The van der Waals surface area contributed by atoms with E-state index >= 15 is 0 Å². The third-order valence-corrected chi connectivity index (χ3v) is 4.80. The van der Waals surface area contributed by atoms with Gasteiger partial charge in [-0.1, -0.05) is 23.4 Å². The average Bonchev–Trinajstić information content (AvgIpc) is 3.26. The Labute approximate surface area is 150 Å². The van der Waals surface area contributed by atoms with Crippen LogP contribution in [0.4, 0.5) is 0 Å². The molecule has 1 amide bonds. The van der Waals surface area contributed by atoms with Gasteiger partial charge in [0.05, 0.1) is 41.7 Å². The third-order valence-electron chi connectivity index (χ3n) is 4.80. The zero-order valence-corrected chi connectivity index (χ0v) is 14.4. The molecule has 0 spiro atoms. The van der Waals surface area contributed by atoms with E-state index in [0.717, 1.165) is 11.4 Å². The second kappa shape index (κ2) is 6.72. The van der Waals surface area contributed by atoms with E-state index in [1.165, 1.54) is 0 Å². The first-order valence-corrected chi connectivity index (χ1v) is 8.56. The summed E-state index contributed by atoms with van der Waals surface area (Å²) in [4.78, 5) is 12.4. The van der Waals surface area contributed by atoms with Crippen molar-refractivity contribution in [3.05, 3.63) is 60.2 Å². The van der Waals surface area contributed by atoms with Gasteiger partial charge in [0.15, 0.2) is 0 Å². The number of nitrogens with zero attached hydrogens (tertiary/aromatic N) is 5. The Balaban J connectivity index is 1.42. The highest BCUT2D eigenvalue weighted by Crippen LogP contribution is 2.32. The number of para-hydroxylation sites is 1. The molecule has 2 aromatic heterocycles. The zero-order valence-electron chi connectivity index (χ0n) is 14.4. The van der Waals surface area contributed by atoms with Crippen molar-refractivity contribution in [2.45, 2.75) is 38.0 Å². The summed E-state index contributed by atoms with van der Waals surface area (Å²) in [6.07, 6.45) is 3.63. The van der Waals surface area contributed by atoms with Crippen molar-refractivity contribution in [3.63, 3.8) is 0 Å². The fourth-order valence-corrected chi connectivity index (χ4v) is 3.32. The largest absolute Gasteiger partial charge is 0.391 e. The van der Waals surface area contributed by atoms with E-state index in [4.69, 9.17) is 0 Å². The summed E-state index contributed by atoms with van der Waals surface area (Å²) < 4.78 is 3.41. The maximum Gasteiger partial charge on any atom is 0.226 e. The fourth-order valence-electron chi connectivity index (χ4n) is 3.32. The van der Waals surface area contributed by atoms with Gasteiger partial charge in [0.25, 0.3) is 0 Å². The molecule has 2 heterocycles. The lowest BCUT2D eigenvalue weighted by Gasteiger charge is -2.41. The van der Waals surface area contributed by atoms with Crippen molar-refractivity contribution in [3.8, 4) is 5.69 Å². The highest BCUT2D eigenvalue weighted by Gasteiger charge is 2.42. The van der Waals surface area contributed by atoms with Crippen LogP contribution >= 0.6 is 0 Å². The molecule has 8 nitrogen and oxygen atoms in total. The van der Waals surface area contributed by atoms with Gasteiger partial charge in [0.2, 0.25) is 5.91 Å². The van der Waals surface area contributed by atoms with Crippen LogP contribution in [0.15, 0.2) is 48.8 Å². The molecule has 1 aliphatic carbocycles. The maximum absolute atomic E-state index is 12.4. The Morgan fingerprint density at radius 1 is 1.31 bits per heavy atom. The van der Waals surface area contributed by atoms with Gasteiger partial charge in [-0.15, -0.1) is 5.10 Å². The summed E-state index contributed by atoms with van der Waals surface area (Å²) in [7, 11) is 0. The van der Waals surface area contributed by atoms with E-state index in [0.29, 0.717) is 12.1 Å². The van der Waals surface area contributed by atoms with Gasteiger partial charge in [-0.05, 0) is 31.5 Å². The fraction of sp³-hybridized carbons (Fsp3) is 0.333. The van der Waals surface area contributed by atoms with Crippen molar-refractivity contribution in [2.75, 3.05) is 0 Å². The van der Waals surface area contributed by atoms with Gasteiger partial charge < -0.3 is 10.4 Å². The van der Waals surface area contributed by atoms with Crippen molar-refractivity contribution in [1.29, 1.82) is 0 Å². The molecule has 3 atom stereocenters. The van der Waals surface area contributed by atoms with Crippen molar-refractivity contribution >= 4 is 5.91 Å². The molecule has 4 rings (SSSR count). The van der Waals surface area contributed by atoms with Crippen LogP contribution in [0.5, 0.6) is 0 Å². The number of amides is 1. The second-order valence-electron chi connectivity index (χ2n) is 6.50. The molecule has 2 N–H and O–H groups in total. The smallest absolute Gasteiger partial charge is 0.226 e. The van der Waals surface area contributed by atoms with E-state index in [1.54, 1.807) is 27.8 Å². The van der Waals surface area contributed by atoms with Crippen LogP contribution in [0.25, 0.3) is 5.69 Å². The summed E-state index contributed by atoms with van der Waals surface area (Å²) in [5.41, 5.74) is 2.38. The minimum absolute atomic E-state index is 0.137. The van der Waals surface area contributed by atoms with Crippen LogP contribution in [0.1, 0.15) is 23.9 Å². The van der Waals surface area contributed by atoms with Gasteiger partial charge >= 0.3 is 0 Å². The molecule has 0 saturated heterocycles. The van der Waals surface area contributed by atoms with Crippen LogP contribution in [0, 0.1) is 6.92 Å². The topological polar surface area (TPSA) is 97.9 Å². The summed E-state index contributed by atoms with van der Waals surface area (Å²) in [5.74, 6) is -0.137. The van der Waals surface area contributed by atoms with Gasteiger partial charge in [0.1, 0.15) is 0 Å². The number of carbonyl (C=O) groups is 1. The predicted octanol–water partition coefficient (Wildman–Crippen LogP) is 0.805. The number of hydrogen-bond acceptors (Lipinski definition) is 5. The van der Waals surface area contributed by atoms with E-state index in [1.807, 2.05) is 37.3 Å². The molecule has 1 aromatic carbocycles. The van der Waals surface area contributed by atoms with E-state index in [-0.39, 0.29) is 24.4 Å². The molecule has 134 valence electrons. The Hall–Kier alpha value is -3.00. The summed E-state index contributed by atoms with van der Waals surface area (Å²) in [5, 5.41) is 25.4.